The number of nitrogens with zero attached hydrogens (tertiary/aromatic N) is 1. The predicted molar refractivity (Wildman–Crippen MR) is 40.3 cm³/mol. The van der Waals surface area contributed by atoms with Gasteiger partial charge in [-0.15, -0.1) is 0 Å². The summed E-state index contributed by atoms with van der Waals surface area (Å²) in [7, 11) is 0. The number of pyridine rings is 1. The Morgan fingerprint density at radius 2 is 2.42 bits per heavy atom. The molecule has 12 heavy (non-hydrogen) atoms. The lowest BCUT2D eigenvalue weighted by Crippen LogP contribution is -2.05. The summed E-state index contributed by atoms with van der Waals surface area (Å²) in [6.07, 6.45) is 1.00. The smallest absolute Gasteiger partial charge is 0.307 e. The van der Waals surface area contributed by atoms with Crippen molar-refractivity contribution in [3.05, 3.63) is 29.3 Å². The molecule has 3 nitrogen and oxygen atoms in total. The van der Waals surface area contributed by atoms with Crippen molar-refractivity contribution in [1.82, 2.24) is 4.98 Å². The van der Waals surface area contributed by atoms with Crippen LogP contribution in [0.1, 0.15) is 11.3 Å². The van der Waals surface area contributed by atoms with Crippen LogP contribution < -0.4 is 0 Å². The largest absolute Gasteiger partial charge is 0.481 e. The molecule has 0 fully saturated rings. The van der Waals surface area contributed by atoms with E-state index in [1.165, 1.54) is 6.20 Å². The minimum atomic E-state index is -1.05. The highest BCUT2D eigenvalue weighted by molar-refractivity contribution is 5.70. The van der Waals surface area contributed by atoms with E-state index in [2.05, 4.69) is 4.98 Å². The van der Waals surface area contributed by atoms with Crippen LogP contribution in [-0.4, -0.2) is 16.1 Å². The molecule has 0 atom stereocenters. The van der Waals surface area contributed by atoms with Crippen LogP contribution in [0, 0.1) is 12.7 Å². The third-order valence-electron chi connectivity index (χ3n) is 1.54. The van der Waals surface area contributed by atoms with Gasteiger partial charge in [-0.1, -0.05) is 0 Å². The molecule has 1 aromatic rings. The van der Waals surface area contributed by atoms with Gasteiger partial charge in [-0.05, 0) is 13.0 Å². The van der Waals surface area contributed by atoms with E-state index in [9.17, 15) is 9.18 Å². The van der Waals surface area contributed by atoms with Gasteiger partial charge in [0.2, 0.25) is 0 Å². The molecule has 64 valence electrons. The van der Waals surface area contributed by atoms with E-state index in [0.717, 1.165) is 6.07 Å². The average Bonchev–Trinajstić information content (AvgIpc) is 1.97. The Bertz CT molecular complexity index is 292. The molecule has 1 N–H and O–H groups in total. The van der Waals surface area contributed by atoms with Crippen LogP contribution in [0.4, 0.5) is 4.39 Å². The fourth-order valence-corrected chi connectivity index (χ4v) is 0.929. The molecule has 0 spiro atoms. The molecule has 0 aliphatic heterocycles. The van der Waals surface area contributed by atoms with Gasteiger partial charge in [0.1, 0.15) is 5.82 Å². The first-order valence-electron chi connectivity index (χ1n) is 3.43. The van der Waals surface area contributed by atoms with Crippen LogP contribution in [0.3, 0.4) is 0 Å². The summed E-state index contributed by atoms with van der Waals surface area (Å²) in [4.78, 5) is 14.1. The van der Waals surface area contributed by atoms with Gasteiger partial charge in [0.05, 0.1) is 6.42 Å². The summed E-state index contributed by atoms with van der Waals surface area (Å²) >= 11 is 0. The fourth-order valence-electron chi connectivity index (χ4n) is 0.929. The molecule has 0 bridgehead atoms. The zero-order chi connectivity index (χ0) is 9.14. The van der Waals surface area contributed by atoms with Crippen LogP contribution in [0.15, 0.2) is 12.3 Å². The first-order chi connectivity index (χ1) is 5.61. The molecule has 0 saturated heterocycles. The molecule has 0 amide bonds. The molecule has 0 saturated carbocycles. The summed E-state index contributed by atoms with van der Waals surface area (Å²) < 4.78 is 12.9. The Hall–Kier alpha value is -1.45. The molecule has 0 unspecified atom stereocenters. The van der Waals surface area contributed by atoms with Gasteiger partial charge in [-0.3, -0.25) is 9.78 Å². The molecule has 4 heteroatoms. The van der Waals surface area contributed by atoms with E-state index in [4.69, 9.17) is 5.11 Å². The molecule has 0 aliphatic rings. The molecule has 0 aromatic carbocycles. The molecule has 0 radical (unpaired) electrons. The maximum atomic E-state index is 12.9. The highest BCUT2D eigenvalue weighted by Crippen LogP contribution is 2.10. The number of rotatable bonds is 2. The van der Waals surface area contributed by atoms with Crippen LogP contribution >= 0.6 is 0 Å². The van der Waals surface area contributed by atoms with Gasteiger partial charge >= 0.3 is 5.97 Å². The van der Waals surface area contributed by atoms with Crippen LogP contribution in [0.5, 0.6) is 0 Å². The van der Waals surface area contributed by atoms with Crippen molar-refractivity contribution >= 4 is 5.97 Å². The van der Waals surface area contributed by atoms with Crippen molar-refractivity contribution in [2.75, 3.05) is 0 Å². The van der Waals surface area contributed by atoms with Gasteiger partial charge in [-0.25, -0.2) is 4.39 Å². The molecule has 0 aliphatic carbocycles. The number of aromatic nitrogens is 1. The second kappa shape index (κ2) is 3.30. The number of hydrogen-bond acceptors (Lipinski definition) is 2. The molecular weight excluding hydrogens is 161 g/mol. The molecular formula is C8H8FNO2. The number of aliphatic carboxylic acids is 1. The van der Waals surface area contributed by atoms with Gasteiger partial charge in [0.25, 0.3) is 0 Å². The van der Waals surface area contributed by atoms with Crippen molar-refractivity contribution in [3.63, 3.8) is 0 Å². The lowest BCUT2D eigenvalue weighted by Gasteiger charge is -2.01. The fraction of sp³-hybridized carbons (Fsp3) is 0.250. The highest BCUT2D eigenvalue weighted by Gasteiger charge is 2.09. The lowest BCUT2D eigenvalue weighted by molar-refractivity contribution is -0.136. The van der Waals surface area contributed by atoms with Crippen LogP contribution in [-0.2, 0) is 11.2 Å². The molecule has 1 heterocycles. The Morgan fingerprint density at radius 3 is 2.92 bits per heavy atom. The van der Waals surface area contributed by atoms with E-state index in [1.807, 2.05) is 0 Å². The quantitative estimate of drug-likeness (QED) is 0.722. The van der Waals surface area contributed by atoms with Crippen molar-refractivity contribution in [3.8, 4) is 0 Å². The van der Waals surface area contributed by atoms with Gasteiger partial charge in [-0.2, -0.15) is 0 Å². The molecule has 1 rings (SSSR count). The van der Waals surface area contributed by atoms with Crippen LogP contribution in [0.2, 0.25) is 0 Å². The zero-order valence-electron chi connectivity index (χ0n) is 6.54. The standard InChI is InChI=1S/C8H8FNO2/c1-5-6(4-8(11)12)7(9)2-3-10-5/h2-3H,4H2,1H3,(H,11,12). The summed E-state index contributed by atoms with van der Waals surface area (Å²) in [5.74, 6) is -1.56. The van der Waals surface area contributed by atoms with E-state index >= 15 is 0 Å². The van der Waals surface area contributed by atoms with E-state index in [-0.39, 0.29) is 12.0 Å². The van der Waals surface area contributed by atoms with Crippen molar-refractivity contribution in [1.29, 1.82) is 0 Å². The first-order valence-corrected chi connectivity index (χ1v) is 3.43. The summed E-state index contributed by atoms with van der Waals surface area (Å²) in [6.45, 7) is 1.58. The van der Waals surface area contributed by atoms with Crippen molar-refractivity contribution in [2.45, 2.75) is 13.3 Å². The molecule has 1 aromatic heterocycles. The maximum absolute atomic E-state index is 12.9. The Labute approximate surface area is 68.9 Å². The van der Waals surface area contributed by atoms with Crippen LogP contribution in [0.25, 0.3) is 0 Å². The number of carbonyl (C=O) groups is 1. The monoisotopic (exact) mass is 169 g/mol. The number of carboxylic acids is 1. The van der Waals surface area contributed by atoms with Gasteiger partial charge < -0.3 is 5.11 Å². The van der Waals surface area contributed by atoms with Crippen molar-refractivity contribution < 1.29 is 14.3 Å². The summed E-state index contributed by atoms with van der Waals surface area (Å²) in [5, 5.41) is 8.42. The normalized spacial score (nSPS) is 9.83. The lowest BCUT2D eigenvalue weighted by atomic mass is 10.1. The SMILES string of the molecule is Cc1nccc(F)c1CC(=O)O. The number of halogens is 1. The Morgan fingerprint density at radius 1 is 1.75 bits per heavy atom. The van der Waals surface area contributed by atoms with Gasteiger partial charge in [0.15, 0.2) is 0 Å². The second-order valence-electron chi connectivity index (χ2n) is 2.43. The van der Waals surface area contributed by atoms with Crippen molar-refractivity contribution in [2.24, 2.45) is 0 Å². The third kappa shape index (κ3) is 1.78. The topological polar surface area (TPSA) is 50.2 Å². The second-order valence-corrected chi connectivity index (χ2v) is 2.43. The minimum Gasteiger partial charge on any atom is -0.481 e. The zero-order valence-corrected chi connectivity index (χ0v) is 6.54. The number of aryl methyl sites for hydroxylation is 1. The predicted octanol–water partition coefficient (Wildman–Crippen LogP) is 1.16. The highest BCUT2D eigenvalue weighted by atomic mass is 19.1. The third-order valence-corrected chi connectivity index (χ3v) is 1.54. The Kier molecular flexibility index (Phi) is 2.38. The summed E-state index contributed by atoms with van der Waals surface area (Å²) in [6, 6.07) is 1.16. The first kappa shape index (κ1) is 8.64. The average molecular weight is 169 g/mol. The number of hydrogen-bond donors (Lipinski definition) is 1. The summed E-state index contributed by atoms with van der Waals surface area (Å²) in [5.41, 5.74) is 0.586. The minimum absolute atomic E-state index is 0.157. The van der Waals surface area contributed by atoms with E-state index in [1.54, 1.807) is 6.92 Å². The number of carboxylic acid groups (broad SMARTS) is 1. The maximum Gasteiger partial charge on any atom is 0.307 e. The van der Waals surface area contributed by atoms with E-state index < -0.39 is 11.8 Å². The van der Waals surface area contributed by atoms with Gasteiger partial charge in [0, 0.05) is 17.5 Å². The Balaban J connectivity index is 3.04. The van der Waals surface area contributed by atoms with E-state index in [0.29, 0.717) is 5.69 Å².